The van der Waals surface area contributed by atoms with Gasteiger partial charge >= 0.3 is 74.7 Å². The van der Waals surface area contributed by atoms with E-state index in [1.54, 1.807) is 0 Å². The molecule has 0 saturated heterocycles. The van der Waals surface area contributed by atoms with E-state index in [1.165, 1.54) is 0 Å². The molecule has 0 aliphatic rings. The predicted molar refractivity (Wildman–Crippen MR) is 24.4 cm³/mol. The summed E-state index contributed by atoms with van der Waals surface area (Å²) in [7, 11) is 0. The maximum absolute atomic E-state index is 8.56. The van der Waals surface area contributed by atoms with E-state index in [0.29, 0.717) is 0 Å². The summed E-state index contributed by atoms with van der Waals surface area (Å²) in [6, 6.07) is 0. The zero-order chi connectivity index (χ0) is 3.58. The summed E-state index contributed by atoms with van der Waals surface area (Å²) in [4.78, 5) is 8.56. The molecule has 8 heavy (non-hydrogen) atoms. The molecule has 0 fully saturated rings. The third kappa shape index (κ3) is 92.8. The average molecular weight is 247 g/mol. The number of carbonyl (C=O) groups is 1. The molecule has 0 unspecified atom stereocenters. The van der Waals surface area contributed by atoms with Crippen molar-refractivity contribution in [1.82, 2.24) is 0 Å². The molecule has 0 aromatic carbocycles. The van der Waals surface area contributed by atoms with Gasteiger partial charge in [0.05, 0.1) is 0 Å². The second kappa shape index (κ2) is 23.0. The Labute approximate surface area is 115 Å². The van der Waals surface area contributed by atoms with Gasteiger partial charge < -0.3 is 37.9 Å². The second-order valence-corrected chi connectivity index (χ2v) is 0.283. The van der Waals surface area contributed by atoms with Crippen LogP contribution in [0.5, 0.6) is 0 Å². The summed E-state index contributed by atoms with van der Waals surface area (Å²) in [5.41, 5.74) is 0. The smallest absolute Gasteiger partial charge is 1.00 e. The van der Waals surface area contributed by atoms with Crippen molar-refractivity contribution in [2.24, 2.45) is 0 Å². The van der Waals surface area contributed by atoms with Gasteiger partial charge in [-0.25, -0.2) is 4.79 Å². The van der Waals surface area contributed by atoms with Crippen molar-refractivity contribution in [3.8, 4) is 0 Å². The number of halogens is 2. The maximum atomic E-state index is 8.56. The first-order chi connectivity index (χ1) is 1.73. The van der Waals surface area contributed by atoms with Crippen molar-refractivity contribution >= 4 is 74.7 Å². The van der Waals surface area contributed by atoms with Gasteiger partial charge in [-0.05, 0) is 0 Å². The van der Waals surface area contributed by atoms with Gasteiger partial charge in [0, 0.05) is 0 Å². The fourth-order valence-corrected chi connectivity index (χ4v) is 0. The van der Waals surface area contributed by atoms with E-state index in [-0.39, 0.29) is 96.2 Å². The molecule has 7 heteroatoms. The van der Waals surface area contributed by atoms with Gasteiger partial charge in [-0.1, -0.05) is 0 Å². The van der Waals surface area contributed by atoms with Crippen LogP contribution in [0.4, 0.5) is 4.79 Å². The Morgan fingerprint density at radius 2 is 1.25 bits per heavy atom. The van der Waals surface area contributed by atoms with E-state index < -0.39 is 6.16 Å². The van der Waals surface area contributed by atoms with Crippen LogP contribution in [0.25, 0.3) is 0 Å². The van der Waals surface area contributed by atoms with Crippen LogP contribution >= 0.6 is 0 Å². The number of hydrogen-bond donors (Lipinski definition) is 2. The number of hydrogen-bond acceptors (Lipinski definition) is 1. The molecule has 0 aliphatic carbocycles. The van der Waals surface area contributed by atoms with Crippen molar-refractivity contribution < 1.29 is 42.7 Å². The van der Waals surface area contributed by atoms with E-state index in [2.05, 4.69) is 0 Å². The molecule has 0 spiro atoms. The van der Waals surface area contributed by atoms with Crippen molar-refractivity contribution in [2.45, 2.75) is 0 Å². The van der Waals surface area contributed by atoms with Crippen molar-refractivity contribution in [3.63, 3.8) is 0 Å². The minimum atomic E-state index is -1.83. The minimum Gasteiger partial charge on any atom is -1.00 e. The number of carboxylic acid groups (broad SMARTS) is 2. The third-order valence-corrected chi connectivity index (χ3v) is 0. The summed E-state index contributed by atoms with van der Waals surface area (Å²) in [5.74, 6) is 0. The minimum absolute atomic E-state index is 0. The Bertz CT molecular complexity index is 47.5. The molecule has 0 atom stereocenters. The van der Waals surface area contributed by atoms with Crippen LogP contribution in [-0.4, -0.2) is 84.9 Å². The van der Waals surface area contributed by atoms with Crippen LogP contribution in [0.3, 0.4) is 0 Å². The fraction of sp³-hybridized carbons (Fsp3) is 0. The Morgan fingerprint density at radius 1 is 1.25 bits per heavy atom. The molecule has 44 valence electrons. The average Bonchev–Trinajstić information content (AvgIpc) is 0.811. The summed E-state index contributed by atoms with van der Waals surface area (Å²) < 4.78 is 0. The van der Waals surface area contributed by atoms with Crippen LogP contribution in [0, 0.1) is 0 Å². The van der Waals surface area contributed by atoms with Crippen LogP contribution in [0.1, 0.15) is 2.85 Å². The van der Waals surface area contributed by atoms with E-state index in [1.807, 2.05) is 0 Å². The van der Waals surface area contributed by atoms with Gasteiger partial charge in [0.1, 0.15) is 0 Å². The summed E-state index contributed by atoms with van der Waals surface area (Å²) >= 11 is 0. The molecule has 0 bridgehead atoms. The second-order valence-electron chi connectivity index (χ2n) is 0.283. The summed E-state index contributed by atoms with van der Waals surface area (Å²) in [6.07, 6.45) is -1.83. The van der Waals surface area contributed by atoms with Gasteiger partial charge in [0.15, 0.2) is 0 Å². The van der Waals surface area contributed by atoms with Gasteiger partial charge in [0.2, 0.25) is 0 Å². The number of rotatable bonds is 0. The SMILES string of the molecule is O=C(O)O.[Cl-].[Cl-].[H-].[H-].[Mg+2].[Sr+2]. The molecule has 2 N–H and O–H groups in total. The van der Waals surface area contributed by atoms with Gasteiger partial charge in [-0.2, -0.15) is 0 Å². The normalized spacial score (nSPS) is 3.00. The van der Waals surface area contributed by atoms with Crippen LogP contribution in [0.15, 0.2) is 0 Å². The van der Waals surface area contributed by atoms with E-state index in [0.717, 1.165) is 0 Å². The molecule has 0 saturated carbocycles. The maximum Gasteiger partial charge on any atom is 2.00 e. The summed E-state index contributed by atoms with van der Waals surface area (Å²) in [6.45, 7) is 0. The van der Waals surface area contributed by atoms with Gasteiger partial charge in [0.25, 0.3) is 0 Å². The molecular formula is CH4Cl2MgO3Sr. The van der Waals surface area contributed by atoms with E-state index in [4.69, 9.17) is 15.0 Å². The first-order valence-corrected chi connectivity index (χ1v) is 0.651. The standard InChI is InChI=1S/CH2O3.2ClH.Mg.Sr.2H/c2-1(3)4;;;;;;/h(H2,2,3,4);2*1H;;;;/q;;;2*+2;2*-1/p-2. The topological polar surface area (TPSA) is 57.5 Å². The van der Waals surface area contributed by atoms with E-state index in [9.17, 15) is 0 Å². The molecule has 0 amide bonds. The first kappa shape index (κ1) is 32.2. The zero-order valence-electron chi connectivity index (χ0n) is 5.97. The van der Waals surface area contributed by atoms with Crippen LogP contribution in [-0.2, 0) is 0 Å². The van der Waals surface area contributed by atoms with Crippen molar-refractivity contribution in [2.75, 3.05) is 0 Å². The van der Waals surface area contributed by atoms with Crippen LogP contribution in [0.2, 0.25) is 0 Å². The monoisotopic (exact) mass is 246 g/mol. The Balaban J connectivity index is -0.00000000300. The molecular weight excluding hydrogens is 243 g/mol. The molecule has 0 rings (SSSR count). The Hall–Kier alpha value is 2.10. The van der Waals surface area contributed by atoms with Crippen LogP contribution < -0.4 is 24.8 Å². The molecule has 0 aromatic heterocycles. The van der Waals surface area contributed by atoms with E-state index >= 15 is 0 Å². The van der Waals surface area contributed by atoms with Crippen molar-refractivity contribution in [1.29, 1.82) is 0 Å². The third-order valence-electron chi connectivity index (χ3n) is 0. The molecule has 3 nitrogen and oxygen atoms in total. The molecule has 0 heterocycles. The molecule has 0 radical (unpaired) electrons. The fourth-order valence-electron chi connectivity index (χ4n) is 0. The molecule has 0 aromatic rings. The summed E-state index contributed by atoms with van der Waals surface area (Å²) in [5, 5.41) is 13.9. The largest absolute Gasteiger partial charge is 2.00 e. The van der Waals surface area contributed by atoms with Gasteiger partial charge in [-0.15, -0.1) is 0 Å². The zero-order valence-corrected chi connectivity index (χ0v) is 10.4. The molecule has 0 aliphatic heterocycles. The first-order valence-electron chi connectivity index (χ1n) is 0.651. The Morgan fingerprint density at radius 3 is 1.25 bits per heavy atom. The Kier molecular flexibility index (Phi) is 92.3. The van der Waals surface area contributed by atoms with Gasteiger partial charge in [-0.3, -0.25) is 0 Å². The quantitative estimate of drug-likeness (QED) is 0.418. The van der Waals surface area contributed by atoms with Crippen molar-refractivity contribution in [3.05, 3.63) is 0 Å². The predicted octanol–water partition coefficient (Wildman–Crippen LogP) is -6.31.